The van der Waals surface area contributed by atoms with Crippen LogP contribution < -0.4 is 10.7 Å². The van der Waals surface area contributed by atoms with Crippen molar-refractivity contribution in [3.63, 3.8) is 0 Å². The number of para-hydroxylation sites is 1. The Hall–Kier alpha value is -3.14. The molecule has 0 saturated heterocycles. The van der Waals surface area contributed by atoms with Gasteiger partial charge in [0, 0.05) is 20.9 Å². The van der Waals surface area contributed by atoms with E-state index in [9.17, 15) is 4.79 Å². The number of nitrogens with zero attached hydrogens (tertiary/aromatic N) is 4. The zero-order valence-electron chi connectivity index (χ0n) is 20.6. The Morgan fingerprint density at radius 1 is 1.11 bits per heavy atom. The highest BCUT2D eigenvalue weighted by Gasteiger charge is 2.21. The molecule has 1 atom stereocenters. The number of carbonyl (C=O) groups is 1. The van der Waals surface area contributed by atoms with Gasteiger partial charge in [0.25, 0.3) is 5.91 Å². The molecule has 7 nitrogen and oxygen atoms in total. The van der Waals surface area contributed by atoms with Crippen LogP contribution >= 0.6 is 39.3 Å². The maximum Gasteiger partial charge on any atom is 0.253 e. The molecule has 4 aromatic rings. The van der Waals surface area contributed by atoms with Gasteiger partial charge in [-0.2, -0.15) is 5.10 Å². The van der Waals surface area contributed by atoms with E-state index in [1.54, 1.807) is 0 Å². The van der Waals surface area contributed by atoms with E-state index in [1.807, 2.05) is 98.1 Å². The molecule has 0 bridgehead atoms. The molecule has 0 aliphatic rings. The molecule has 10 heteroatoms. The summed E-state index contributed by atoms with van der Waals surface area (Å²) < 4.78 is 2.95. The van der Waals surface area contributed by atoms with E-state index in [2.05, 4.69) is 42.0 Å². The van der Waals surface area contributed by atoms with Crippen molar-refractivity contribution in [1.82, 2.24) is 20.2 Å². The first-order valence-corrected chi connectivity index (χ1v) is 13.6. The van der Waals surface area contributed by atoms with Crippen LogP contribution in [0.25, 0.3) is 5.69 Å². The lowest BCUT2D eigenvalue weighted by Crippen LogP contribution is -2.28. The van der Waals surface area contributed by atoms with Crippen LogP contribution in [0.2, 0.25) is 5.02 Å². The molecule has 1 aromatic heterocycles. The summed E-state index contributed by atoms with van der Waals surface area (Å²) in [6.07, 6.45) is 0. The summed E-state index contributed by atoms with van der Waals surface area (Å²) >= 11 is 10.8. The van der Waals surface area contributed by atoms with Gasteiger partial charge in [-0.25, -0.2) is 5.43 Å². The monoisotopic (exact) mass is 596 g/mol. The summed E-state index contributed by atoms with van der Waals surface area (Å²) in [5.74, 6) is 0.500. The van der Waals surface area contributed by atoms with Gasteiger partial charge in [0.15, 0.2) is 11.0 Å². The fourth-order valence-electron chi connectivity index (χ4n) is 3.52. The highest BCUT2D eigenvalue weighted by molar-refractivity contribution is 9.10. The van der Waals surface area contributed by atoms with Gasteiger partial charge in [-0.3, -0.25) is 9.36 Å². The lowest BCUT2D eigenvalue weighted by molar-refractivity contribution is -0.120. The maximum atomic E-state index is 12.8. The van der Waals surface area contributed by atoms with Gasteiger partial charge in [-0.15, -0.1) is 10.2 Å². The highest BCUT2D eigenvalue weighted by atomic mass is 79.9. The van der Waals surface area contributed by atoms with Crippen molar-refractivity contribution in [1.29, 1.82) is 0 Å². The van der Waals surface area contributed by atoms with E-state index in [-0.39, 0.29) is 5.91 Å². The molecular formula is C27H26BrClN6OS. The third-order valence-electron chi connectivity index (χ3n) is 5.59. The molecule has 0 aliphatic heterocycles. The van der Waals surface area contributed by atoms with Crippen LogP contribution in [0, 0.1) is 6.92 Å². The first kappa shape index (κ1) is 26.9. The second-order valence-electron chi connectivity index (χ2n) is 8.32. The number of hydrogen-bond acceptors (Lipinski definition) is 6. The van der Waals surface area contributed by atoms with Gasteiger partial charge in [-0.1, -0.05) is 69.6 Å². The predicted octanol–water partition coefficient (Wildman–Crippen LogP) is 6.62. The molecule has 4 rings (SSSR count). The minimum Gasteiger partial charge on any atom is -0.378 e. The fraction of sp³-hybridized carbons (Fsp3) is 0.185. The Morgan fingerprint density at radius 2 is 1.84 bits per heavy atom. The number of aryl methyl sites for hydroxylation is 1. The van der Waals surface area contributed by atoms with Crippen LogP contribution in [-0.4, -0.2) is 31.6 Å². The average molecular weight is 598 g/mol. The van der Waals surface area contributed by atoms with Crippen LogP contribution in [0.1, 0.15) is 30.8 Å². The Bertz CT molecular complexity index is 1410. The molecule has 190 valence electrons. The van der Waals surface area contributed by atoms with Crippen LogP contribution in [0.4, 0.5) is 5.69 Å². The van der Waals surface area contributed by atoms with Crippen LogP contribution in [-0.2, 0) is 11.3 Å². The summed E-state index contributed by atoms with van der Waals surface area (Å²) in [5, 5.41) is 17.4. The molecule has 3 aromatic carbocycles. The summed E-state index contributed by atoms with van der Waals surface area (Å²) in [6.45, 7) is 6.12. The van der Waals surface area contributed by atoms with Crippen molar-refractivity contribution < 1.29 is 4.79 Å². The number of anilines is 1. The zero-order chi connectivity index (χ0) is 26.4. The Morgan fingerprint density at radius 3 is 2.54 bits per heavy atom. The predicted molar refractivity (Wildman–Crippen MR) is 155 cm³/mol. The number of rotatable bonds is 9. The van der Waals surface area contributed by atoms with Crippen molar-refractivity contribution in [3.8, 4) is 5.69 Å². The quantitative estimate of drug-likeness (QED) is 0.129. The summed E-state index contributed by atoms with van der Waals surface area (Å²) in [5.41, 5.74) is 7.24. The van der Waals surface area contributed by atoms with Gasteiger partial charge in [0.1, 0.15) is 0 Å². The van der Waals surface area contributed by atoms with Crippen LogP contribution in [0.3, 0.4) is 0 Å². The van der Waals surface area contributed by atoms with Crippen molar-refractivity contribution in [2.24, 2.45) is 5.10 Å². The number of hydrazone groups is 1. The van der Waals surface area contributed by atoms with Crippen LogP contribution in [0.5, 0.6) is 0 Å². The molecule has 0 unspecified atom stereocenters. The molecule has 1 heterocycles. The summed E-state index contributed by atoms with van der Waals surface area (Å²) in [4.78, 5) is 12.8. The molecule has 0 fully saturated rings. The number of halogens is 2. The highest BCUT2D eigenvalue weighted by Crippen LogP contribution is 2.27. The van der Waals surface area contributed by atoms with E-state index < -0.39 is 5.25 Å². The normalized spacial score (nSPS) is 12.3. The van der Waals surface area contributed by atoms with E-state index in [0.717, 1.165) is 38.5 Å². The number of amides is 1. The minimum absolute atomic E-state index is 0.222. The topological polar surface area (TPSA) is 84.2 Å². The lowest BCUT2D eigenvalue weighted by Gasteiger charge is -2.14. The molecule has 37 heavy (non-hydrogen) atoms. The van der Waals surface area contributed by atoms with Gasteiger partial charge in [0.05, 0.1) is 17.5 Å². The van der Waals surface area contributed by atoms with Crippen molar-refractivity contribution in [2.45, 2.75) is 37.7 Å². The number of carbonyl (C=O) groups excluding carboxylic acids is 1. The van der Waals surface area contributed by atoms with E-state index in [4.69, 9.17) is 11.6 Å². The molecule has 0 radical (unpaired) electrons. The Labute approximate surface area is 233 Å². The van der Waals surface area contributed by atoms with Gasteiger partial charge >= 0.3 is 0 Å². The van der Waals surface area contributed by atoms with Crippen molar-refractivity contribution in [3.05, 3.63) is 99.2 Å². The summed E-state index contributed by atoms with van der Waals surface area (Å²) in [7, 11) is 0. The first-order valence-electron chi connectivity index (χ1n) is 11.6. The smallest absolute Gasteiger partial charge is 0.253 e. The summed E-state index contributed by atoms with van der Waals surface area (Å²) in [6, 6.07) is 23.3. The molecular weight excluding hydrogens is 572 g/mol. The zero-order valence-corrected chi connectivity index (χ0v) is 23.7. The van der Waals surface area contributed by atoms with Crippen LogP contribution in [0.15, 0.2) is 87.5 Å². The fourth-order valence-corrected chi connectivity index (χ4v) is 4.90. The van der Waals surface area contributed by atoms with E-state index in [0.29, 0.717) is 16.7 Å². The number of thioether (sulfide) groups is 1. The van der Waals surface area contributed by atoms with E-state index >= 15 is 0 Å². The van der Waals surface area contributed by atoms with Gasteiger partial charge < -0.3 is 5.32 Å². The Kier molecular flexibility index (Phi) is 9.02. The van der Waals surface area contributed by atoms with Gasteiger partial charge in [-0.05, 0) is 74.4 Å². The number of benzene rings is 3. The number of aromatic nitrogens is 3. The SMILES string of the molecule is C/C(=N/NC(=O)[C@H](C)Sc1nnc(CNc2ccc(Cl)cc2C)n1-c1ccccc1)c1ccc(Br)cc1. The average Bonchev–Trinajstić information content (AvgIpc) is 3.29. The van der Waals surface area contributed by atoms with Gasteiger partial charge in [0.2, 0.25) is 0 Å². The standard InChI is InChI=1S/C27H26BrClN6OS/c1-17-15-22(29)13-14-24(17)30-16-25-32-34-27(35(25)23-7-5-4-6-8-23)37-19(3)26(36)33-31-18(2)20-9-11-21(28)12-10-20/h4-15,19,30H,16H2,1-3H3,(H,33,36)/b31-18-/t19-/m0/s1. The maximum absolute atomic E-state index is 12.8. The second-order valence-corrected chi connectivity index (χ2v) is 11.0. The Balaban J connectivity index is 1.50. The third kappa shape index (κ3) is 7.00. The van der Waals surface area contributed by atoms with E-state index in [1.165, 1.54) is 11.8 Å². The lowest BCUT2D eigenvalue weighted by atomic mass is 10.1. The third-order valence-corrected chi connectivity index (χ3v) is 7.39. The minimum atomic E-state index is -0.451. The first-order chi connectivity index (χ1) is 17.8. The molecule has 2 N–H and O–H groups in total. The molecule has 1 amide bonds. The molecule has 0 saturated carbocycles. The largest absolute Gasteiger partial charge is 0.378 e. The second kappa shape index (κ2) is 12.4. The van der Waals surface area contributed by atoms with Crippen molar-refractivity contribution in [2.75, 3.05) is 5.32 Å². The number of hydrogen-bond donors (Lipinski definition) is 2. The molecule has 0 spiro atoms. The number of nitrogens with one attached hydrogen (secondary N) is 2. The van der Waals surface area contributed by atoms with Crippen molar-refractivity contribution >= 4 is 56.6 Å². The molecule has 0 aliphatic carbocycles.